The van der Waals surface area contributed by atoms with Crippen molar-refractivity contribution in [2.45, 2.75) is 25.7 Å². The lowest BCUT2D eigenvalue weighted by atomic mass is 10.1. The molecule has 1 atom stereocenters. The highest BCUT2D eigenvalue weighted by atomic mass is 32.1. The van der Waals surface area contributed by atoms with Crippen LogP contribution in [0.1, 0.15) is 25.7 Å². The van der Waals surface area contributed by atoms with Gasteiger partial charge in [-0.15, -0.1) is 11.3 Å². The van der Waals surface area contributed by atoms with E-state index in [0.717, 1.165) is 56.5 Å². The van der Waals surface area contributed by atoms with E-state index in [1.807, 2.05) is 18.2 Å². The Bertz CT molecular complexity index is 1570. The summed E-state index contributed by atoms with van der Waals surface area (Å²) in [7, 11) is -4.46. The summed E-state index contributed by atoms with van der Waals surface area (Å²) in [5, 5.41) is 13.2. The van der Waals surface area contributed by atoms with Crippen molar-refractivity contribution in [3.05, 3.63) is 70.3 Å². The molecule has 226 valence electrons. The van der Waals surface area contributed by atoms with E-state index in [1.54, 1.807) is 17.4 Å². The zero-order chi connectivity index (χ0) is 29.4. The summed E-state index contributed by atoms with van der Waals surface area (Å²) < 4.78 is 30.7. The SMILES string of the molecule is O=c1ccc2ccc(OCCCC[N+]3(COP(=O)([O-])OCCCCO)CCN(c4cccc5sccc45)CC3)cc2[nH]1. The summed E-state index contributed by atoms with van der Waals surface area (Å²) in [5.74, 6) is 0.693. The van der Waals surface area contributed by atoms with Gasteiger partial charge in [0.2, 0.25) is 5.56 Å². The number of phosphoric acid groups is 1. The number of quaternary nitrogens is 1. The van der Waals surface area contributed by atoms with Gasteiger partial charge in [-0.25, -0.2) is 0 Å². The summed E-state index contributed by atoms with van der Waals surface area (Å²) in [6.07, 6.45) is 2.54. The van der Waals surface area contributed by atoms with Crippen LogP contribution in [0.2, 0.25) is 0 Å². The molecule has 0 amide bonds. The standard InChI is InChI=1S/C30H38N3O7PS/c34-18-2-4-20-39-41(36,37)40-23-33(16-13-32(14-17-33)28-6-5-7-29-26(28)12-21-42-29)15-1-3-19-38-25-10-8-24-9-11-30(35)31-27(24)22-25/h5-12,21-22,34H,1-4,13-20,23H2,(H-,31,35,36,37). The number of rotatable bonds is 15. The number of fused-ring (bicyclic) bond motifs is 2. The Morgan fingerprint density at radius 1 is 1.00 bits per heavy atom. The highest BCUT2D eigenvalue weighted by Crippen LogP contribution is 2.40. The Balaban J connectivity index is 1.18. The number of phosphoric ester groups is 1. The highest BCUT2D eigenvalue weighted by molar-refractivity contribution is 7.45. The van der Waals surface area contributed by atoms with Crippen LogP contribution in [0.3, 0.4) is 0 Å². The lowest BCUT2D eigenvalue weighted by Gasteiger charge is -2.46. The van der Waals surface area contributed by atoms with Gasteiger partial charge in [-0.3, -0.25) is 18.4 Å². The molecular weight excluding hydrogens is 577 g/mol. The van der Waals surface area contributed by atoms with E-state index in [0.29, 0.717) is 29.7 Å². The van der Waals surface area contributed by atoms with Crippen LogP contribution >= 0.6 is 19.2 Å². The normalized spacial score (nSPS) is 16.6. The zero-order valence-electron chi connectivity index (χ0n) is 23.6. The molecule has 0 radical (unpaired) electrons. The summed E-state index contributed by atoms with van der Waals surface area (Å²) >= 11 is 1.73. The number of nitrogens with one attached hydrogen (secondary N) is 1. The van der Waals surface area contributed by atoms with Gasteiger partial charge in [0.15, 0.2) is 6.73 Å². The second-order valence-corrected chi connectivity index (χ2v) is 13.1. The number of nitrogens with zero attached hydrogens (tertiary/aromatic N) is 2. The number of anilines is 1. The maximum atomic E-state index is 12.5. The van der Waals surface area contributed by atoms with Crippen LogP contribution < -0.4 is 20.1 Å². The fourth-order valence-electron chi connectivity index (χ4n) is 5.38. The molecule has 2 aromatic carbocycles. The van der Waals surface area contributed by atoms with Crippen LogP contribution in [0.25, 0.3) is 21.0 Å². The number of thiophene rings is 1. The Morgan fingerprint density at radius 3 is 2.64 bits per heavy atom. The van der Waals surface area contributed by atoms with Gasteiger partial charge in [-0.1, -0.05) is 6.07 Å². The molecule has 10 nitrogen and oxygen atoms in total. The first-order valence-electron chi connectivity index (χ1n) is 14.4. The van der Waals surface area contributed by atoms with E-state index < -0.39 is 7.82 Å². The van der Waals surface area contributed by atoms with Gasteiger partial charge in [0.1, 0.15) is 5.75 Å². The van der Waals surface area contributed by atoms with Crippen LogP contribution in [-0.2, 0) is 13.6 Å². The molecule has 2 N–H and O–H groups in total. The lowest BCUT2D eigenvalue weighted by molar-refractivity contribution is -0.943. The van der Waals surface area contributed by atoms with E-state index in [9.17, 15) is 14.3 Å². The van der Waals surface area contributed by atoms with Gasteiger partial charge < -0.3 is 29.1 Å². The van der Waals surface area contributed by atoms with Crippen molar-refractivity contribution in [1.29, 1.82) is 0 Å². The minimum atomic E-state index is -4.46. The van der Waals surface area contributed by atoms with Crippen LogP contribution in [0.5, 0.6) is 5.75 Å². The molecule has 0 saturated carbocycles. The zero-order valence-corrected chi connectivity index (χ0v) is 25.3. The quantitative estimate of drug-likeness (QED) is 0.114. The molecular formula is C30H38N3O7PS. The largest absolute Gasteiger partial charge is 0.756 e. The first-order valence-corrected chi connectivity index (χ1v) is 16.7. The fraction of sp³-hybridized carbons (Fsp3) is 0.433. The number of H-pyrrole nitrogens is 1. The van der Waals surface area contributed by atoms with Crippen LogP contribution in [0.15, 0.2) is 64.8 Å². The topological polar surface area (TPSA) is 124 Å². The van der Waals surface area contributed by atoms with E-state index >= 15 is 0 Å². The second-order valence-electron chi connectivity index (χ2n) is 10.7. The number of pyridine rings is 1. The molecule has 5 rings (SSSR count). The van der Waals surface area contributed by atoms with Crippen LogP contribution in [-0.4, -0.2) is 73.8 Å². The van der Waals surface area contributed by atoms with Gasteiger partial charge in [0, 0.05) is 34.5 Å². The maximum absolute atomic E-state index is 12.5. The number of piperazine rings is 1. The van der Waals surface area contributed by atoms with Crippen molar-refractivity contribution < 1.29 is 32.8 Å². The predicted molar refractivity (Wildman–Crippen MR) is 164 cm³/mol. The van der Waals surface area contributed by atoms with Crippen molar-refractivity contribution in [2.24, 2.45) is 0 Å². The number of unbranched alkanes of at least 4 members (excludes halogenated alkanes) is 2. The Hall–Kier alpha value is -2.76. The third-order valence-electron chi connectivity index (χ3n) is 7.79. The van der Waals surface area contributed by atoms with Gasteiger partial charge >= 0.3 is 0 Å². The van der Waals surface area contributed by atoms with Gasteiger partial charge in [-0.05, 0) is 72.8 Å². The summed E-state index contributed by atoms with van der Waals surface area (Å²) in [5.41, 5.74) is 1.79. The molecule has 1 aliphatic rings. The number of hydrogen-bond acceptors (Lipinski definition) is 9. The molecule has 4 aromatic rings. The molecule has 0 bridgehead atoms. The van der Waals surface area contributed by atoms with Crippen LogP contribution in [0, 0.1) is 0 Å². The number of ether oxygens (including phenoxy) is 1. The molecule has 0 aliphatic carbocycles. The number of aromatic nitrogens is 1. The summed E-state index contributed by atoms with van der Waals surface area (Å²) in [6, 6.07) is 17.5. The van der Waals surface area contributed by atoms with Gasteiger partial charge in [-0.2, -0.15) is 0 Å². The number of aliphatic hydroxyl groups is 1. The number of aromatic amines is 1. The molecule has 1 aliphatic heterocycles. The molecule has 1 unspecified atom stereocenters. The maximum Gasteiger partial charge on any atom is 0.272 e. The number of aliphatic hydroxyl groups excluding tert-OH is 1. The molecule has 42 heavy (non-hydrogen) atoms. The highest BCUT2D eigenvalue weighted by Gasteiger charge is 2.34. The smallest absolute Gasteiger partial charge is 0.272 e. The molecule has 2 aromatic heterocycles. The monoisotopic (exact) mass is 615 g/mol. The molecule has 12 heteroatoms. The Kier molecular flexibility index (Phi) is 10.3. The summed E-state index contributed by atoms with van der Waals surface area (Å²) in [6.45, 7) is 4.31. The molecule has 0 spiro atoms. The first-order chi connectivity index (χ1) is 20.4. The van der Waals surface area contributed by atoms with Crippen molar-refractivity contribution in [1.82, 2.24) is 4.98 Å². The minimum Gasteiger partial charge on any atom is -0.756 e. The average Bonchev–Trinajstić information content (AvgIpc) is 3.48. The number of benzene rings is 2. The van der Waals surface area contributed by atoms with E-state index in [4.69, 9.17) is 18.9 Å². The first kappa shape index (κ1) is 30.7. The van der Waals surface area contributed by atoms with E-state index in [2.05, 4.69) is 39.5 Å². The van der Waals surface area contributed by atoms with Crippen LogP contribution in [0.4, 0.5) is 5.69 Å². The number of hydrogen-bond donors (Lipinski definition) is 2. The predicted octanol–water partition coefficient (Wildman–Crippen LogP) is 4.47. The third kappa shape index (κ3) is 7.99. The summed E-state index contributed by atoms with van der Waals surface area (Å²) in [4.78, 5) is 29.3. The van der Waals surface area contributed by atoms with Gasteiger partial charge in [0.25, 0.3) is 7.82 Å². The molecule has 1 fully saturated rings. The minimum absolute atomic E-state index is 0.000236. The lowest BCUT2D eigenvalue weighted by Crippen LogP contribution is -2.61. The second kappa shape index (κ2) is 14.1. The van der Waals surface area contributed by atoms with Crippen molar-refractivity contribution in [3.63, 3.8) is 0 Å². The molecule has 1 saturated heterocycles. The van der Waals surface area contributed by atoms with E-state index in [1.165, 1.54) is 21.8 Å². The molecule has 3 heterocycles. The average molecular weight is 616 g/mol. The van der Waals surface area contributed by atoms with Gasteiger partial charge in [0.05, 0.1) is 51.5 Å². The third-order valence-corrected chi connectivity index (χ3v) is 9.60. The van der Waals surface area contributed by atoms with Crippen molar-refractivity contribution >= 4 is 45.8 Å². The van der Waals surface area contributed by atoms with Crippen molar-refractivity contribution in [2.75, 3.05) is 64.2 Å². The Morgan fingerprint density at radius 2 is 1.81 bits per heavy atom. The Labute approximate surface area is 249 Å². The fourth-order valence-corrected chi connectivity index (χ4v) is 7.00. The van der Waals surface area contributed by atoms with Crippen molar-refractivity contribution in [3.8, 4) is 5.75 Å². The van der Waals surface area contributed by atoms with E-state index in [-0.39, 0.29) is 25.5 Å².